The third-order valence-electron chi connectivity index (χ3n) is 3.52. The highest BCUT2D eigenvalue weighted by molar-refractivity contribution is 6.30. The van der Waals surface area contributed by atoms with Crippen molar-refractivity contribution in [2.24, 2.45) is 0 Å². The number of benzene rings is 1. The van der Waals surface area contributed by atoms with Crippen LogP contribution in [0.4, 0.5) is 0 Å². The predicted molar refractivity (Wildman–Crippen MR) is 71.4 cm³/mol. The Kier molecular flexibility index (Phi) is 4.43. The van der Waals surface area contributed by atoms with Gasteiger partial charge in [0.1, 0.15) is 0 Å². The van der Waals surface area contributed by atoms with Gasteiger partial charge < -0.3 is 10.4 Å². The van der Waals surface area contributed by atoms with Crippen molar-refractivity contribution < 1.29 is 5.11 Å². The van der Waals surface area contributed by atoms with Gasteiger partial charge in [-0.1, -0.05) is 24.6 Å². The summed E-state index contributed by atoms with van der Waals surface area (Å²) in [6.07, 6.45) is 3.73. The summed E-state index contributed by atoms with van der Waals surface area (Å²) >= 11 is 5.98. The normalized spacial score (nSPS) is 20.3. The quantitative estimate of drug-likeness (QED) is 0.845. The average Bonchev–Trinajstić information content (AvgIpc) is 2.71. The molecule has 3 heteroatoms. The standard InChI is InChI=1S/C14H20ClNO/c1-2-12(17)7-8-16-14-6-3-10-9-11(15)4-5-13(10)14/h4-5,9,12,14,16-17H,2-3,6-8H2,1H3. The molecule has 2 unspecified atom stereocenters. The van der Waals surface area contributed by atoms with E-state index >= 15 is 0 Å². The van der Waals surface area contributed by atoms with Crippen LogP contribution in [0.15, 0.2) is 18.2 Å². The van der Waals surface area contributed by atoms with Crippen molar-refractivity contribution in [1.29, 1.82) is 0 Å². The van der Waals surface area contributed by atoms with Gasteiger partial charge in [0.25, 0.3) is 0 Å². The molecular formula is C14H20ClNO. The molecule has 0 fully saturated rings. The summed E-state index contributed by atoms with van der Waals surface area (Å²) in [5, 5.41) is 13.9. The van der Waals surface area contributed by atoms with Crippen molar-refractivity contribution in [2.75, 3.05) is 6.54 Å². The van der Waals surface area contributed by atoms with E-state index in [1.54, 1.807) is 0 Å². The van der Waals surface area contributed by atoms with Gasteiger partial charge in [0.05, 0.1) is 6.10 Å². The summed E-state index contributed by atoms with van der Waals surface area (Å²) in [4.78, 5) is 0. The number of halogens is 1. The van der Waals surface area contributed by atoms with E-state index < -0.39 is 0 Å². The molecule has 0 spiro atoms. The fraction of sp³-hybridized carbons (Fsp3) is 0.571. The van der Waals surface area contributed by atoms with Gasteiger partial charge in [-0.15, -0.1) is 0 Å². The topological polar surface area (TPSA) is 32.3 Å². The Labute approximate surface area is 108 Å². The van der Waals surface area contributed by atoms with Crippen molar-refractivity contribution in [2.45, 2.75) is 44.8 Å². The van der Waals surface area contributed by atoms with Crippen LogP contribution in [-0.2, 0) is 6.42 Å². The fourth-order valence-corrected chi connectivity index (χ4v) is 2.62. The summed E-state index contributed by atoms with van der Waals surface area (Å²) in [5.74, 6) is 0. The Bertz CT molecular complexity index is 380. The monoisotopic (exact) mass is 253 g/mol. The molecule has 1 aliphatic rings. The average molecular weight is 254 g/mol. The van der Waals surface area contributed by atoms with Crippen LogP contribution in [0.2, 0.25) is 5.02 Å². The summed E-state index contributed by atoms with van der Waals surface area (Å²) in [6, 6.07) is 6.59. The Morgan fingerprint density at radius 2 is 2.35 bits per heavy atom. The summed E-state index contributed by atoms with van der Waals surface area (Å²) in [6.45, 7) is 2.89. The number of aliphatic hydroxyl groups is 1. The molecule has 2 N–H and O–H groups in total. The Morgan fingerprint density at radius 3 is 3.12 bits per heavy atom. The molecule has 2 atom stereocenters. The maximum Gasteiger partial charge on any atom is 0.0549 e. The van der Waals surface area contributed by atoms with Crippen molar-refractivity contribution in [3.63, 3.8) is 0 Å². The molecule has 1 aliphatic carbocycles. The smallest absolute Gasteiger partial charge is 0.0549 e. The summed E-state index contributed by atoms with van der Waals surface area (Å²) in [5.41, 5.74) is 2.74. The minimum atomic E-state index is -0.173. The van der Waals surface area contributed by atoms with Crippen LogP contribution >= 0.6 is 11.6 Å². The second kappa shape index (κ2) is 5.85. The van der Waals surface area contributed by atoms with Crippen molar-refractivity contribution in [3.05, 3.63) is 34.3 Å². The first-order chi connectivity index (χ1) is 8.20. The van der Waals surface area contributed by atoms with Gasteiger partial charge in [0.2, 0.25) is 0 Å². The molecule has 0 aromatic heterocycles. The first-order valence-electron chi connectivity index (χ1n) is 6.40. The number of hydrogen-bond acceptors (Lipinski definition) is 2. The Morgan fingerprint density at radius 1 is 1.53 bits per heavy atom. The maximum absolute atomic E-state index is 9.51. The van der Waals surface area contributed by atoms with Crippen LogP contribution in [0.25, 0.3) is 0 Å². The molecule has 0 saturated heterocycles. The zero-order chi connectivity index (χ0) is 12.3. The van der Waals surface area contributed by atoms with Gasteiger partial charge in [-0.05, 0) is 55.5 Å². The van der Waals surface area contributed by atoms with Crippen LogP contribution in [0.5, 0.6) is 0 Å². The third-order valence-corrected chi connectivity index (χ3v) is 3.76. The molecule has 0 heterocycles. The molecule has 0 amide bonds. The second-order valence-electron chi connectivity index (χ2n) is 4.74. The molecule has 1 aromatic carbocycles. The highest BCUT2D eigenvalue weighted by Gasteiger charge is 2.21. The molecule has 0 aliphatic heterocycles. The molecule has 17 heavy (non-hydrogen) atoms. The van der Waals surface area contributed by atoms with E-state index in [9.17, 15) is 5.11 Å². The summed E-state index contributed by atoms with van der Waals surface area (Å²) < 4.78 is 0. The van der Waals surface area contributed by atoms with Gasteiger partial charge in [-0.25, -0.2) is 0 Å². The highest BCUT2D eigenvalue weighted by atomic mass is 35.5. The van der Waals surface area contributed by atoms with E-state index in [1.165, 1.54) is 11.1 Å². The van der Waals surface area contributed by atoms with Crippen LogP contribution in [-0.4, -0.2) is 17.8 Å². The minimum absolute atomic E-state index is 0.173. The predicted octanol–water partition coefficient (Wildman–Crippen LogP) is 3.08. The summed E-state index contributed by atoms with van der Waals surface area (Å²) in [7, 11) is 0. The van der Waals surface area contributed by atoms with Gasteiger partial charge in [-0.2, -0.15) is 0 Å². The molecule has 0 saturated carbocycles. The largest absolute Gasteiger partial charge is 0.393 e. The number of aliphatic hydroxyl groups excluding tert-OH is 1. The zero-order valence-electron chi connectivity index (χ0n) is 10.2. The lowest BCUT2D eigenvalue weighted by Gasteiger charge is -2.15. The van der Waals surface area contributed by atoms with Crippen molar-refractivity contribution in [1.82, 2.24) is 5.32 Å². The van der Waals surface area contributed by atoms with Gasteiger partial charge in [0, 0.05) is 11.1 Å². The van der Waals surface area contributed by atoms with Gasteiger partial charge in [0.15, 0.2) is 0 Å². The maximum atomic E-state index is 9.51. The van der Waals surface area contributed by atoms with Crippen LogP contribution in [0.3, 0.4) is 0 Å². The molecule has 2 rings (SSSR count). The Hall–Kier alpha value is -0.570. The molecule has 0 bridgehead atoms. The van der Waals surface area contributed by atoms with E-state index in [1.807, 2.05) is 13.0 Å². The van der Waals surface area contributed by atoms with Crippen molar-refractivity contribution in [3.8, 4) is 0 Å². The zero-order valence-corrected chi connectivity index (χ0v) is 11.0. The van der Waals surface area contributed by atoms with E-state index in [4.69, 9.17) is 11.6 Å². The molecule has 1 aromatic rings. The fourth-order valence-electron chi connectivity index (χ4n) is 2.43. The molecular weight excluding hydrogens is 234 g/mol. The third kappa shape index (κ3) is 3.21. The SMILES string of the molecule is CCC(O)CCNC1CCc2cc(Cl)ccc21. The minimum Gasteiger partial charge on any atom is -0.393 e. The van der Waals surface area contributed by atoms with Gasteiger partial charge >= 0.3 is 0 Å². The number of hydrogen-bond donors (Lipinski definition) is 2. The number of rotatable bonds is 5. The molecule has 94 valence electrons. The van der Waals surface area contributed by atoms with Crippen LogP contribution in [0, 0.1) is 0 Å². The lowest BCUT2D eigenvalue weighted by Crippen LogP contribution is -2.23. The van der Waals surface area contributed by atoms with E-state index in [-0.39, 0.29) is 6.10 Å². The van der Waals surface area contributed by atoms with E-state index in [0.29, 0.717) is 6.04 Å². The molecule has 2 nitrogen and oxygen atoms in total. The highest BCUT2D eigenvalue weighted by Crippen LogP contribution is 2.32. The molecule has 0 radical (unpaired) electrons. The van der Waals surface area contributed by atoms with Gasteiger partial charge in [-0.3, -0.25) is 0 Å². The Balaban J connectivity index is 1.89. The van der Waals surface area contributed by atoms with E-state index in [0.717, 1.165) is 37.3 Å². The van der Waals surface area contributed by atoms with Crippen LogP contribution in [0.1, 0.15) is 43.4 Å². The van der Waals surface area contributed by atoms with Crippen LogP contribution < -0.4 is 5.32 Å². The number of fused-ring (bicyclic) bond motifs is 1. The number of nitrogens with one attached hydrogen (secondary N) is 1. The number of aryl methyl sites for hydroxylation is 1. The van der Waals surface area contributed by atoms with E-state index in [2.05, 4.69) is 17.4 Å². The lowest BCUT2D eigenvalue weighted by atomic mass is 10.1. The first-order valence-corrected chi connectivity index (χ1v) is 6.78. The van der Waals surface area contributed by atoms with Crippen molar-refractivity contribution >= 4 is 11.6 Å². The second-order valence-corrected chi connectivity index (χ2v) is 5.18. The lowest BCUT2D eigenvalue weighted by molar-refractivity contribution is 0.158. The first kappa shape index (κ1) is 12.9.